The van der Waals surface area contributed by atoms with Gasteiger partial charge in [0.25, 0.3) is 0 Å². The third-order valence-electron chi connectivity index (χ3n) is 21.4. The van der Waals surface area contributed by atoms with E-state index in [1.807, 2.05) is 0 Å². The lowest BCUT2D eigenvalue weighted by atomic mass is 9.83. The van der Waals surface area contributed by atoms with Crippen LogP contribution in [0.25, 0.3) is 89.5 Å². The van der Waals surface area contributed by atoms with Crippen LogP contribution in [-0.2, 0) is 28.2 Å². The Hall–Kier alpha value is -9.64. The van der Waals surface area contributed by atoms with Gasteiger partial charge in [0.15, 0.2) is 24.8 Å². The molecule has 500 valence electrons. The fourth-order valence-corrected chi connectivity index (χ4v) is 15.8. The van der Waals surface area contributed by atoms with Gasteiger partial charge >= 0.3 is 0 Å². The number of aromatic nitrogens is 4. The molecule has 3 fully saturated rings. The van der Waals surface area contributed by atoms with Crippen LogP contribution < -0.4 is 18.3 Å². The van der Waals surface area contributed by atoms with E-state index in [0.717, 1.165) is 17.8 Å². The predicted octanol–water partition coefficient (Wildman–Crippen LogP) is 23.0. The number of benzene rings is 8. The maximum absolute atomic E-state index is 2.42. The molecule has 0 aliphatic heterocycles. The van der Waals surface area contributed by atoms with Gasteiger partial charge in [-0.2, -0.15) is 0 Å². The summed E-state index contributed by atoms with van der Waals surface area (Å²) in [5.74, 6) is 2.29. The Kier molecular flexibility index (Phi) is 23.0. The zero-order chi connectivity index (χ0) is 68.8. The minimum atomic E-state index is 0.753. The van der Waals surface area contributed by atoms with Crippen LogP contribution in [0.1, 0.15) is 158 Å². The molecule has 0 unspecified atom stereocenters. The number of pyridine rings is 4. The number of rotatable bonds is 11. The standard InChI is InChI=1S/2C25H28N.C24H26N.C21H22N/c1-19-9-6-7-14-24(19)25-16-15-23(18-26(25)2)22-13-8-12-21(17-22)20-10-4-3-5-11-20;1-19-8-6-7-11-24(19)25-17-16-23(18-26(25)2)22-14-12-21(13-15-22)20-9-4-3-5-10-20;1-18-8-3-6-13-23(18)24-15-14-22(17-25(24)2)21-12-7-11-20(16-21)19-9-4-5-10-19;1-15-11-16(2)13-19(12-15)18-9-10-21(22(4)14-18)20-8-6-5-7-17(20)3/h6-9,12-18,20H,3-5,10-11H2,1-2H3;6-8,11-18,20H,3-5,9-10H2,1-2H3;3,6-8,11-17,19H,4-5,9-10H2,1-2H3;5-14H,1-4H3/q4*+1. The van der Waals surface area contributed by atoms with E-state index in [9.17, 15) is 0 Å². The summed E-state index contributed by atoms with van der Waals surface area (Å²) in [5, 5.41) is 0. The Morgan fingerprint density at radius 2 is 0.505 bits per heavy atom. The second-order valence-electron chi connectivity index (χ2n) is 28.8. The molecule has 4 heteroatoms. The van der Waals surface area contributed by atoms with Gasteiger partial charge in [0.05, 0.1) is 0 Å². The van der Waals surface area contributed by atoms with Gasteiger partial charge in [-0.05, 0) is 208 Å². The van der Waals surface area contributed by atoms with Gasteiger partial charge in [-0.1, -0.05) is 226 Å². The molecule has 8 aromatic carbocycles. The summed E-state index contributed by atoms with van der Waals surface area (Å²) >= 11 is 0. The first-order chi connectivity index (χ1) is 48.2. The Morgan fingerprint density at radius 1 is 0.222 bits per heavy atom. The molecule has 4 heterocycles. The fraction of sp³-hybridized carbons (Fsp3) is 0.284. The first-order valence-corrected chi connectivity index (χ1v) is 36.8. The Bertz CT molecular complexity index is 4680. The molecule has 12 aromatic rings. The molecule has 15 rings (SSSR count). The largest absolute Gasteiger partial charge is 0.212 e. The second kappa shape index (κ2) is 32.8. The van der Waals surface area contributed by atoms with Crippen molar-refractivity contribution < 1.29 is 18.3 Å². The smallest absolute Gasteiger partial charge is 0.200 e. The van der Waals surface area contributed by atoms with Crippen molar-refractivity contribution in [1.29, 1.82) is 0 Å². The van der Waals surface area contributed by atoms with Crippen LogP contribution in [0.3, 0.4) is 0 Å². The molecule has 3 saturated carbocycles. The van der Waals surface area contributed by atoms with Crippen molar-refractivity contribution in [3.63, 3.8) is 0 Å². The van der Waals surface area contributed by atoms with Gasteiger partial charge in [0.2, 0.25) is 22.8 Å². The van der Waals surface area contributed by atoms with E-state index in [1.165, 1.54) is 229 Å². The van der Waals surface area contributed by atoms with Gasteiger partial charge in [-0.15, -0.1) is 0 Å². The van der Waals surface area contributed by atoms with Crippen molar-refractivity contribution in [2.45, 2.75) is 149 Å². The van der Waals surface area contributed by atoms with Gasteiger partial charge in [0.1, 0.15) is 28.2 Å². The van der Waals surface area contributed by atoms with Crippen LogP contribution in [-0.4, -0.2) is 0 Å². The molecule has 4 aromatic heterocycles. The van der Waals surface area contributed by atoms with E-state index in [2.05, 4.69) is 349 Å². The van der Waals surface area contributed by atoms with Crippen LogP contribution in [0.2, 0.25) is 0 Å². The van der Waals surface area contributed by atoms with Crippen molar-refractivity contribution in [3.8, 4) is 89.5 Å². The lowest BCUT2D eigenvalue weighted by Gasteiger charge is -2.22. The van der Waals surface area contributed by atoms with Crippen molar-refractivity contribution >= 4 is 0 Å². The molecule has 0 saturated heterocycles. The number of hydrogen-bond acceptors (Lipinski definition) is 0. The van der Waals surface area contributed by atoms with Crippen molar-refractivity contribution in [3.05, 3.63) is 311 Å². The molecule has 0 atom stereocenters. The summed E-state index contributed by atoms with van der Waals surface area (Å²) in [4.78, 5) is 0. The van der Waals surface area contributed by atoms with Crippen molar-refractivity contribution in [1.82, 2.24) is 0 Å². The van der Waals surface area contributed by atoms with E-state index in [4.69, 9.17) is 0 Å². The second-order valence-corrected chi connectivity index (χ2v) is 28.8. The maximum atomic E-state index is 2.42. The molecule has 0 bridgehead atoms. The molecular weight excluding hydrogens is 1200 g/mol. The summed E-state index contributed by atoms with van der Waals surface area (Å²) < 4.78 is 8.97. The zero-order valence-electron chi connectivity index (χ0n) is 60.7. The zero-order valence-corrected chi connectivity index (χ0v) is 60.7. The molecule has 3 aliphatic carbocycles. The highest BCUT2D eigenvalue weighted by Crippen LogP contribution is 2.38. The van der Waals surface area contributed by atoms with Crippen molar-refractivity contribution in [2.75, 3.05) is 0 Å². The lowest BCUT2D eigenvalue weighted by Crippen LogP contribution is -2.30. The minimum Gasteiger partial charge on any atom is -0.200 e. The van der Waals surface area contributed by atoms with E-state index in [0.29, 0.717) is 0 Å². The van der Waals surface area contributed by atoms with Gasteiger partial charge < -0.3 is 0 Å². The van der Waals surface area contributed by atoms with Crippen LogP contribution >= 0.6 is 0 Å². The molecule has 0 radical (unpaired) electrons. The van der Waals surface area contributed by atoms with Crippen LogP contribution in [0, 0.1) is 41.5 Å². The average molecular weight is 1300 g/mol. The van der Waals surface area contributed by atoms with Gasteiger partial charge in [-0.25, -0.2) is 18.3 Å². The van der Waals surface area contributed by atoms with Gasteiger partial charge in [-0.3, -0.25) is 0 Å². The van der Waals surface area contributed by atoms with E-state index >= 15 is 0 Å². The lowest BCUT2D eigenvalue weighted by molar-refractivity contribution is -0.660. The van der Waals surface area contributed by atoms with E-state index in [-0.39, 0.29) is 0 Å². The SMILES string of the molecule is Cc1cc(C)cc(-c2ccc(-c3ccccc3C)[n+](C)c2)c1.Cc1ccccc1-c1ccc(-c2ccc(C3CCCCC3)cc2)c[n+]1C.Cc1ccccc1-c1ccc(-c2cccc(C3CCCC3)c2)c[n+]1C.Cc1ccccc1-c1ccc(-c2cccc(C3CCCCC3)c2)c[n+]1C. The van der Waals surface area contributed by atoms with Gasteiger partial charge in [0, 0.05) is 68.8 Å². The molecule has 4 nitrogen and oxygen atoms in total. The van der Waals surface area contributed by atoms with Crippen LogP contribution in [0.5, 0.6) is 0 Å². The first-order valence-electron chi connectivity index (χ1n) is 36.8. The maximum Gasteiger partial charge on any atom is 0.212 e. The highest BCUT2D eigenvalue weighted by Gasteiger charge is 2.23. The number of nitrogens with zero attached hydrogens (tertiary/aromatic N) is 4. The monoisotopic (exact) mass is 1300 g/mol. The van der Waals surface area contributed by atoms with E-state index < -0.39 is 0 Å². The topological polar surface area (TPSA) is 15.5 Å². The molecule has 0 N–H and O–H groups in total. The first kappa shape index (κ1) is 69.3. The highest BCUT2D eigenvalue weighted by molar-refractivity contribution is 5.71. The normalized spacial score (nSPS) is 14.1. The van der Waals surface area contributed by atoms with E-state index in [1.54, 1.807) is 0 Å². The molecule has 0 spiro atoms. The predicted molar refractivity (Wildman–Crippen MR) is 415 cm³/mol. The molecular formula is C95H104N4+4. The number of aryl methyl sites for hydroxylation is 10. The molecule has 3 aliphatic rings. The Balaban J connectivity index is 0.000000126. The Morgan fingerprint density at radius 3 is 0.828 bits per heavy atom. The van der Waals surface area contributed by atoms with Crippen LogP contribution in [0.15, 0.2) is 261 Å². The quantitative estimate of drug-likeness (QED) is 0.115. The fourth-order valence-electron chi connectivity index (χ4n) is 15.8. The Labute approximate surface area is 593 Å². The summed E-state index contributed by atoms with van der Waals surface area (Å²) in [5.41, 5.74) is 33.0. The average Bonchev–Trinajstić information content (AvgIpc) is 1.04. The minimum absolute atomic E-state index is 0.753. The van der Waals surface area contributed by atoms with Crippen molar-refractivity contribution in [2.24, 2.45) is 28.2 Å². The summed E-state index contributed by atoms with van der Waals surface area (Å²) in [6, 6.07) is 86.6. The third kappa shape index (κ3) is 17.3. The molecule has 0 amide bonds. The van der Waals surface area contributed by atoms with Crippen LogP contribution in [0.4, 0.5) is 0 Å². The molecule has 99 heavy (non-hydrogen) atoms. The number of hydrogen-bond donors (Lipinski definition) is 0. The summed E-state index contributed by atoms with van der Waals surface area (Å²) in [6.45, 7) is 13.0. The summed E-state index contributed by atoms with van der Waals surface area (Å²) in [6.07, 6.45) is 28.3. The highest BCUT2D eigenvalue weighted by atomic mass is 14.9. The third-order valence-corrected chi connectivity index (χ3v) is 21.4. The summed E-state index contributed by atoms with van der Waals surface area (Å²) in [7, 11) is 8.55.